The third kappa shape index (κ3) is 4.34. The normalized spacial score (nSPS) is 15.8. The van der Waals surface area contributed by atoms with Gasteiger partial charge in [-0.3, -0.25) is 0 Å². The molecule has 0 saturated heterocycles. The summed E-state index contributed by atoms with van der Waals surface area (Å²) >= 11 is 0. The molecule has 0 saturated carbocycles. The molecule has 2 atom stereocenters. The molecule has 0 amide bonds. The van der Waals surface area contributed by atoms with Crippen LogP contribution in [-0.4, -0.2) is 36.8 Å². The Bertz CT molecular complexity index is 708. The molecule has 0 aliphatic carbocycles. The highest BCUT2D eigenvalue weighted by molar-refractivity contribution is 5.84. The molecule has 0 heterocycles. The van der Waals surface area contributed by atoms with Gasteiger partial charge in [-0.15, -0.1) is 0 Å². The van der Waals surface area contributed by atoms with Crippen LogP contribution >= 0.6 is 0 Å². The molecule has 2 aromatic carbocycles. The summed E-state index contributed by atoms with van der Waals surface area (Å²) in [6.07, 6.45) is 0.162. The summed E-state index contributed by atoms with van der Waals surface area (Å²) in [5.74, 6) is 1.14. The van der Waals surface area contributed by atoms with Gasteiger partial charge in [0.05, 0.1) is 11.7 Å². The van der Waals surface area contributed by atoms with Gasteiger partial charge in [0.25, 0.3) is 0 Å². The summed E-state index contributed by atoms with van der Waals surface area (Å²) in [6.45, 7) is 11.2. The Balaban J connectivity index is 2.43. The maximum Gasteiger partial charge on any atom is 0.120 e. The van der Waals surface area contributed by atoms with Gasteiger partial charge in [0, 0.05) is 12.5 Å². The van der Waals surface area contributed by atoms with Crippen molar-refractivity contribution in [2.24, 2.45) is 11.8 Å². The topological polar surface area (TPSA) is 32.7 Å². The molecule has 0 fully saturated rings. The first-order valence-corrected chi connectivity index (χ1v) is 9.22. The molecule has 3 nitrogen and oxygen atoms in total. The van der Waals surface area contributed by atoms with Gasteiger partial charge in [-0.25, -0.2) is 0 Å². The number of benzene rings is 2. The van der Waals surface area contributed by atoms with Crippen LogP contribution in [0.2, 0.25) is 0 Å². The number of ether oxygens (including phenoxy) is 1. The Morgan fingerprint density at radius 1 is 0.960 bits per heavy atom. The van der Waals surface area contributed by atoms with Crippen LogP contribution in [0, 0.1) is 11.8 Å². The van der Waals surface area contributed by atoms with Crippen LogP contribution < -0.4 is 4.74 Å². The van der Waals surface area contributed by atoms with Crippen LogP contribution in [0.3, 0.4) is 0 Å². The standard InChI is InChI=1S/C22H33NO2/c1-15(2)22(24,17(5)14-23(6)7)20-10-8-19-13-21(25-16(3)4)11-9-18(19)12-20/h8-13,15-17,24H,14H2,1-7H3. The van der Waals surface area contributed by atoms with Crippen LogP contribution in [0.25, 0.3) is 10.8 Å². The zero-order valence-corrected chi connectivity index (χ0v) is 16.7. The van der Waals surface area contributed by atoms with Crippen LogP contribution in [0.15, 0.2) is 36.4 Å². The van der Waals surface area contributed by atoms with E-state index in [1.54, 1.807) is 0 Å². The minimum Gasteiger partial charge on any atom is -0.491 e. The molecule has 0 spiro atoms. The third-order valence-electron chi connectivity index (χ3n) is 4.92. The Kier molecular flexibility index (Phi) is 6.12. The Labute approximate surface area is 152 Å². The molecule has 2 rings (SSSR count). The van der Waals surface area contributed by atoms with Crippen molar-refractivity contribution in [3.05, 3.63) is 42.0 Å². The molecule has 25 heavy (non-hydrogen) atoms. The summed E-state index contributed by atoms with van der Waals surface area (Å²) in [5, 5.41) is 13.8. The summed E-state index contributed by atoms with van der Waals surface area (Å²) < 4.78 is 5.79. The van der Waals surface area contributed by atoms with Crippen LogP contribution in [-0.2, 0) is 5.60 Å². The highest BCUT2D eigenvalue weighted by Crippen LogP contribution is 2.38. The second-order valence-electron chi connectivity index (χ2n) is 8.03. The average molecular weight is 344 g/mol. The van der Waals surface area contributed by atoms with Crippen LogP contribution in [0.5, 0.6) is 5.75 Å². The Morgan fingerprint density at radius 2 is 1.56 bits per heavy atom. The van der Waals surface area contributed by atoms with E-state index in [4.69, 9.17) is 4.74 Å². The quantitative estimate of drug-likeness (QED) is 0.793. The predicted octanol–water partition coefficient (Wildman–Crippen LogP) is 4.67. The number of fused-ring (bicyclic) bond motifs is 1. The molecule has 0 bridgehead atoms. The minimum absolute atomic E-state index is 0.128. The molecule has 2 unspecified atom stereocenters. The van der Waals surface area contributed by atoms with E-state index in [9.17, 15) is 5.11 Å². The third-order valence-corrected chi connectivity index (χ3v) is 4.92. The Morgan fingerprint density at radius 3 is 2.12 bits per heavy atom. The van der Waals surface area contributed by atoms with Gasteiger partial charge < -0.3 is 14.7 Å². The van der Waals surface area contributed by atoms with E-state index >= 15 is 0 Å². The molecule has 3 heteroatoms. The number of hydrogen-bond donors (Lipinski definition) is 1. The van der Waals surface area contributed by atoms with Gasteiger partial charge in [0.1, 0.15) is 5.75 Å². The van der Waals surface area contributed by atoms with E-state index in [1.807, 2.05) is 34.0 Å². The minimum atomic E-state index is -0.856. The fourth-order valence-corrected chi connectivity index (χ4v) is 3.69. The summed E-state index contributed by atoms with van der Waals surface area (Å²) in [4.78, 5) is 2.13. The fourth-order valence-electron chi connectivity index (χ4n) is 3.69. The molecule has 0 aliphatic heterocycles. The van der Waals surface area contributed by atoms with E-state index in [-0.39, 0.29) is 17.9 Å². The number of hydrogen-bond acceptors (Lipinski definition) is 3. The highest BCUT2D eigenvalue weighted by atomic mass is 16.5. The van der Waals surface area contributed by atoms with Crippen molar-refractivity contribution in [3.63, 3.8) is 0 Å². The van der Waals surface area contributed by atoms with E-state index < -0.39 is 5.60 Å². The number of rotatable bonds is 7. The summed E-state index contributed by atoms with van der Waals surface area (Å²) in [5.41, 5.74) is 0.132. The number of aliphatic hydroxyl groups is 1. The molecular weight excluding hydrogens is 310 g/mol. The van der Waals surface area contributed by atoms with Gasteiger partial charge in [-0.2, -0.15) is 0 Å². The predicted molar refractivity (Wildman–Crippen MR) is 106 cm³/mol. The van der Waals surface area contributed by atoms with E-state index in [1.165, 1.54) is 0 Å². The monoisotopic (exact) mass is 343 g/mol. The van der Waals surface area contributed by atoms with Crippen molar-refractivity contribution >= 4 is 10.8 Å². The van der Waals surface area contributed by atoms with Gasteiger partial charge in [0.2, 0.25) is 0 Å². The zero-order valence-electron chi connectivity index (χ0n) is 16.7. The lowest BCUT2D eigenvalue weighted by atomic mass is 9.74. The second kappa shape index (κ2) is 7.76. The van der Waals surface area contributed by atoms with Crippen molar-refractivity contribution in [2.45, 2.75) is 46.3 Å². The zero-order chi connectivity index (χ0) is 18.8. The molecule has 0 radical (unpaired) electrons. The molecule has 0 aliphatic rings. The van der Waals surface area contributed by atoms with Crippen molar-refractivity contribution in [2.75, 3.05) is 20.6 Å². The lowest BCUT2D eigenvalue weighted by molar-refractivity contribution is -0.0656. The van der Waals surface area contributed by atoms with Crippen molar-refractivity contribution in [3.8, 4) is 5.75 Å². The lowest BCUT2D eigenvalue weighted by Gasteiger charge is -2.39. The first kappa shape index (κ1) is 19.7. The van der Waals surface area contributed by atoms with E-state index in [0.717, 1.165) is 28.6 Å². The average Bonchev–Trinajstić information content (AvgIpc) is 2.52. The fraction of sp³-hybridized carbons (Fsp3) is 0.545. The van der Waals surface area contributed by atoms with E-state index in [2.05, 4.69) is 56.0 Å². The largest absolute Gasteiger partial charge is 0.491 e. The highest BCUT2D eigenvalue weighted by Gasteiger charge is 2.39. The first-order chi connectivity index (χ1) is 11.6. The van der Waals surface area contributed by atoms with Crippen molar-refractivity contribution < 1.29 is 9.84 Å². The summed E-state index contributed by atoms with van der Waals surface area (Å²) in [6, 6.07) is 12.4. The maximum atomic E-state index is 11.6. The van der Waals surface area contributed by atoms with Crippen molar-refractivity contribution in [1.82, 2.24) is 4.90 Å². The summed E-state index contributed by atoms with van der Waals surface area (Å²) in [7, 11) is 4.10. The van der Waals surface area contributed by atoms with Crippen molar-refractivity contribution in [1.29, 1.82) is 0 Å². The van der Waals surface area contributed by atoms with Crippen LogP contribution in [0.4, 0.5) is 0 Å². The maximum absolute atomic E-state index is 11.6. The number of nitrogens with zero attached hydrogens (tertiary/aromatic N) is 1. The molecule has 138 valence electrons. The smallest absolute Gasteiger partial charge is 0.120 e. The van der Waals surface area contributed by atoms with E-state index in [0.29, 0.717) is 0 Å². The van der Waals surface area contributed by atoms with Gasteiger partial charge in [-0.05, 0) is 68.4 Å². The molecule has 2 aromatic rings. The molecule has 0 aromatic heterocycles. The van der Waals surface area contributed by atoms with Gasteiger partial charge in [0.15, 0.2) is 0 Å². The lowest BCUT2D eigenvalue weighted by Crippen LogP contribution is -2.43. The van der Waals surface area contributed by atoms with Gasteiger partial charge in [-0.1, -0.05) is 39.0 Å². The van der Waals surface area contributed by atoms with Crippen LogP contribution in [0.1, 0.15) is 40.2 Å². The molecular formula is C22H33NO2. The Hall–Kier alpha value is -1.58. The SMILES string of the molecule is CC(C)Oc1ccc2cc(C(O)(C(C)C)C(C)CN(C)C)ccc2c1. The second-order valence-corrected chi connectivity index (χ2v) is 8.03. The first-order valence-electron chi connectivity index (χ1n) is 9.22. The molecule has 1 N–H and O–H groups in total. The van der Waals surface area contributed by atoms with Gasteiger partial charge >= 0.3 is 0 Å².